The van der Waals surface area contributed by atoms with E-state index in [0.29, 0.717) is 0 Å². The van der Waals surface area contributed by atoms with Gasteiger partial charge < -0.3 is 0 Å². The van der Waals surface area contributed by atoms with Crippen LogP contribution in [-0.4, -0.2) is 10.3 Å². The van der Waals surface area contributed by atoms with Gasteiger partial charge in [-0.05, 0) is 30.2 Å². The maximum atomic E-state index is 13.3. The first kappa shape index (κ1) is 12.8. The molecule has 0 aliphatic carbocycles. The molecule has 0 saturated heterocycles. The largest absolute Gasteiger partial charge is 0.236 e. The molecule has 0 radical (unpaired) electrons. The van der Waals surface area contributed by atoms with E-state index in [-0.39, 0.29) is 5.82 Å². The number of nitrogens with zero attached hydrogens (tertiary/aromatic N) is 1. The molecule has 0 unspecified atom stereocenters. The van der Waals surface area contributed by atoms with E-state index in [1.807, 2.05) is 12.1 Å². The minimum atomic E-state index is -0.225. The minimum Gasteiger partial charge on any atom is -0.236 e. The lowest BCUT2D eigenvalue weighted by molar-refractivity contribution is 0.628. The Balaban J connectivity index is 2.14. The lowest BCUT2D eigenvalue weighted by Crippen LogP contribution is -1.87. The van der Waals surface area contributed by atoms with Crippen LogP contribution >= 0.6 is 27.3 Å². The van der Waals surface area contributed by atoms with E-state index in [2.05, 4.69) is 33.0 Å². The maximum Gasteiger partial charge on any atom is 0.124 e. The molecule has 1 heterocycles. The fraction of sp³-hybridized carbons (Fsp3) is 0.133. The minimum absolute atomic E-state index is 0.225. The van der Waals surface area contributed by atoms with Gasteiger partial charge in [0.2, 0.25) is 0 Å². The van der Waals surface area contributed by atoms with Crippen LogP contribution in [0.3, 0.4) is 0 Å². The van der Waals surface area contributed by atoms with Crippen LogP contribution in [0.1, 0.15) is 5.56 Å². The summed E-state index contributed by atoms with van der Waals surface area (Å²) < 4.78 is 14.4. The Hall–Kier alpha value is -1.26. The third-order valence-corrected chi connectivity index (χ3v) is 4.40. The van der Waals surface area contributed by atoms with Crippen LogP contribution in [0.2, 0.25) is 0 Å². The molecule has 0 aliphatic rings. The highest BCUT2D eigenvalue weighted by Gasteiger charge is 2.09. The van der Waals surface area contributed by atoms with Gasteiger partial charge in [0.1, 0.15) is 10.8 Å². The molecule has 4 heteroatoms. The highest BCUT2D eigenvalue weighted by atomic mass is 79.9. The Labute approximate surface area is 123 Å². The van der Waals surface area contributed by atoms with E-state index >= 15 is 0 Å². The highest BCUT2D eigenvalue weighted by Crippen LogP contribution is 2.32. The fourth-order valence-corrected chi connectivity index (χ4v) is 3.49. The number of thiazole rings is 1. The van der Waals surface area contributed by atoms with E-state index in [1.165, 1.54) is 17.7 Å². The molecule has 2 aromatic carbocycles. The molecule has 96 valence electrons. The van der Waals surface area contributed by atoms with Crippen molar-refractivity contribution >= 4 is 37.5 Å². The third kappa shape index (κ3) is 2.55. The number of halogens is 2. The predicted molar refractivity (Wildman–Crippen MR) is 82.5 cm³/mol. The molecule has 0 spiro atoms. The average Bonchev–Trinajstić information content (AvgIpc) is 2.84. The molecule has 19 heavy (non-hydrogen) atoms. The number of para-hydroxylation sites is 1. The van der Waals surface area contributed by atoms with Crippen molar-refractivity contribution in [3.05, 3.63) is 53.8 Å². The van der Waals surface area contributed by atoms with E-state index in [0.717, 1.165) is 32.5 Å². The molecular formula is C15H11BrFNS. The van der Waals surface area contributed by atoms with Crippen molar-refractivity contribution in [1.29, 1.82) is 0 Å². The quantitative estimate of drug-likeness (QED) is 0.611. The van der Waals surface area contributed by atoms with Crippen molar-refractivity contribution < 1.29 is 4.39 Å². The monoisotopic (exact) mass is 335 g/mol. The summed E-state index contributed by atoms with van der Waals surface area (Å²) in [6, 6.07) is 12.8. The van der Waals surface area contributed by atoms with Crippen molar-refractivity contribution in [3.8, 4) is 10.6 Å². The molecule has 0 atom stereocenters. The number of aromatic nitrogens is 1. The second-order valence-corrected chi connectivity index (χ2v) is 6.06. The summed E-state index contributed by atoms with van der Waals surface area (Å²) in [7, 11) is 0. The first-order chi connectivity index (χ1) is 9.28. The summed E-state index contributed by atoms with van der Waals surface area (Å²) in [5.41, 5.74) is 3.10. The van der Waals surface area contributed by atoms with E-state index in [4.69, 9.17) is 0 Å². The predicted octanol–water partition coefficient (Wildman–Crippen LogP) is 5.04. The summed E-state index contributed by atoms with van der Waals surface area (Å²) >= 11 is 5.07. The third-order valence-electron chi connectivity index (χ3n) is 2.94. The van der Waals surface area contributed by atoms with Gasteiger partial charge in [-0.3, -0.25) is 0 Å². The van der Waals surface area contributed by atoms with E-state index in [1.54, 1.807) is 17.4 Å². The second kappa shape index (κ2) is 5.39. The SMILES string of the molecule is Fc1cccc(-c2nc3c(CCBr)cccc3s2)c1. The van der Waals surface area contributed by atoms with Gasteiger partial charge in [0.15, 0.2) is 0 Å². The standard InChI is InChI=1S/C15H11BrFNS/c16-8-7-10-3-2-6-13-14(10)18-15(19-13)11-4-1-5-12(17)9-11/h1-6,9H,7-8H2. The molecule has 0 bridgehead atoms. The number of rotatable bonds is 3. The smallest absolute Gasteiger partial charge is 0.124 e. The molecule has 0 fully saturated rings. The van der Waals surface area contributed by atoms with Gasteiger partial charge in [-0.15, -0.1) is 11.3 Å². The van der Waals surface area contributed by atoms with Crippen LogP contribution in [0, 0.1) is 5.82 Å². The summed E-state index contributed by atoms with van der Waals surface area (Å²) in [6.07, 6.45) is 0.948. The van der Waals surface area contributed by atoms with Gasteiger partial charge >= 0.3 is 0 Å². The number of fused-ring (bicyclic) bond motifs is 1. The van der Waals surface area contributed by atoms with Crippen LogP contribution in [0.25, 0.3) is 20.8 Å². The molecule has 0 N–H and O–H groups in total. The molecule has 3 rings (SSSR count). The van der Waals surface area contributed by atoms with Gasteiger partial charge in [0.25, 0.3) is 0 Å². The molecular weight excluding hydrogens is 325 g/mol. The summed E-state index contributed by atoms with van der Waals surface area (Å²) in [5.74, 6) is -0.225. The number of benzene rings is 2. The molecule has 1 aromatic heterocycles. The molecule has 0 aliphatic heterocycles. The van der Waals surface area contributed by atoms with Gasteiger partial charge in [0.05, 0.1) is 10.2 Å². The van der Waals surface area contributed by atoms with Crippen LogP contribution in [0.5, 0.6) is 0 Å². The van der Waals surface area contributed by atoms with Gasteiger partial charge in [-0.1, -0.05) is 40.2 Å². The first-order valence-corrected chi connectivity index (χ1v) is 7.92. The second-order valence-electron chi connectivity index (χ2n) is 4.23. The number of hydrogen-bond acceptors (Lipinski definition) is 2. The summed E-state index contributed by atoms with van der Waals surface area (Å²) in [4.78, 5) is 4.67. The maximum absolute atomic E-state index is 13.3. The summed E-state index contributed by atoms with van der Waals surface area (Å²) in [6.45, 7) is 0. The average molecular weight is 336 g/mol. The zero-order chi connectivity index (χ0) is 13.2. The molecule has 1 nitrogen and oxygen atoms in total. The summed E-state index contributed by atoms with van der Waals surface area (Å²) in [5, 5.41) is 1.79. The topological polar surface area (TPSA) is 12.9 Å². The van der Waals surface area contributed by atoms with E-state index in [9.17, 15) is 4.39 Å². The Kier molecular flexibility index (Phi) is 3.62. The Morgan fingerprint density at radius 2 is 2.00 bits per heavy atom. The van der Waals surface area contributed by atoms with Crippen molar-refractivity contribution in [2.45, 2.75) is 6.42 Å². The van der Waals surface area contributed by atoms with Crippen LogP contribution in [-0.2, 0) is 6.42 Å². The lowest BCUT2D eigenvalue weighted by atomic mass is 10.1. The van der Waals surface area contributed by atoms with Gasteiger partial charge in [-0.25, -0.2) is 9.37 Å². The molecule has 0 saturated carbocycles. The zero-order valence-corrected chi connectivity index (χ0v) is 12.5. The number of aryl methyl sites for hydroxylation is 1. The normalized spacial score (nSPS) is 11.1. The van der Waals surface area contributed by atoms with Crippen LogP contribution < -0.4 is 0 Å². The first-order valence-electron chi connectivity index (χ1n) is 5.98. The van der Waals surface area contributed by atoms with Crippen molar-refractivity contribution in [2.75, 3.05) is 5.33 Å². The Morgan fingerprint density at radius 1 is 1.16 bits per heavy atom. The van der Waals surface area contributed by atoms with Gasteiger partial charge in [-0.2, -0.15) is 0 Å². The molecule has 0 amide bonds. The van der Waals surface area contributed by atoms with Crippen LogP contribution in [0.15, 0.2) is 42.5 Å². The number of hydrogen-bond donors (Lipinski definition) is 0. The lowest BCUT2D eigenvalue weighted by Gasteiger charge is -1.98. The zero-order valence-electron chi connectivity index (χ0n) is 10.1. The van der Waals surface area contributed by atoms with Crippen molar-refractivity contribution in [2.24, 2.45) is 0 Å². The Morgan fingerprint density at radius 3 is 2.79 bits per heavy atom. The van der Waals surface area contributed by atoms with Gasteiger partial charge in [0, 0.05) is 10.9 Å². The highest BCUT2D eigenvalue weighted by molar-refractivity contribution is 9.09. The molecule has 3 aromatic rings. The fourth-order valence-electron chi connectivity index (χ4n) is 2.05. The van der Waals surface area contributed by atoms with Crippen molar-refractivity contribution in [1.82, 2.24) is 4.98 Å². The number of alkyl halides is 1. The van der Waals surface area contributed by atoms with Crippen molar-refractivity contribution in [3.63, 3.8) is 0 Å². The Bertz CT molecular complexity index is 723. The van der Waals surface area contributed by atoms with E-state index < -0.39 is 0 Å². The van der Waals surface area contributed by atoms with Crippen LogP contribution in [0.4, 0.5) is 4.39 Å².